The third kappa shape index (κ3) is 4.09. The summed E-state index contributed by atoms with van der Waals surface area (Å²) in [5, 5.41) is 2.77. The third-order valence-corrected chi connectivity index (χ3v) is 2.74. The van der Waals surface area contributed by atoms with Crippen molar-refractivity contribution in [3.05, 3.63) is 54.2 Å². The summed E-state index contributed by atoms with van der Waals surface area (Å²) in [6.45, 7) is 2.41. The fourth-order valence-corrected chi connectivity index (χ4v) is 1.76. The number of anilines is 1. The van der Waals surface area contributed by atoms with Crippen LogP contribution in [0.4, 0.5) is 5.82 Å². The van der Waals surface area contributed by atoms with E-state index >= 15 is 0 Å². The van der Waals surface area contributed by atoms with Crippen LogP contribution in [-0.2, 0) is 11.4 Å². The summed E-state index contributed by atoms with van der Waals surface area (Å²) in [6.07, 6.45) is 2.92. The first-order valence-electron chi connectivity index (χ1n) is 6.71. The van der Waals surface area contributed by atoms with Crippen LogP contribution in [0, 0.1) is 0 Å². The minimum atomic E-state index is -0.0456. The van der Waals surface area contributed by atoms with Crippen LogP contribution >= 0.6 is 0 Å². The lowest BCUT2D eigenvalue weighted by molar-refractivity contribution is -0.116. The molecule has 0 aliphatic rings. The monoisotopic (exact) mass is 270 g/mol. The molecule has 0 saturated heterocycles. The van der Waals surface area contributed by atoms with E-state index in [-0.39, 0.29) is 5.91 Å². The second kappa shape index (κ2) is 7.28. The first-order valence-corrected chi connectivity index (χ1v) is 6.71. The van der Waals surface area contributed by atoms with Gasteiger partial charge < -0.3 is 10.1 Å². The van der Waals surface area contributed by atoms with Crippen LogP contribution in [0.25, 0.3) is 0 Å². The fraction of sp³-hybridized carbons (Fsp3) is 0.250. The smallest absolute Gasteiger partial charge is 0.225 e. The van der Waals surface area contributed by atoms with Gasteiger partial charge in [-0.05, 0) is 24.1 Å². The summed E-state index contributed by atoms with van der Waals surface area (Å²) in [4.78, 5) is 15.8. The predicted octanol–water partition coefficient (Wildman–Crippen LogP) is 3.40. The van der Waals surface area contributed by atoms with Crippen LogP contribution in [0.15, 0.2) is 48.7 Å². The summed E-state index contributed by atoms with van der Waals surface area (Å²) in [7, 11) is 0. The van der Waals surface area contributed by atoms with Gasteiger partial charge in [0.2, 0.25) is 5.91 Å². The number of pyridine rings is 1. The Morgan fingerprint density at radius 3 is 2.75 bits per heavy atom. The predicted molar refractivity (Wildman–Crippen MR) is 78.5 cm³/mol. The molecule has 20 heavy (non-hydrogen) atoms. The Kier molecular flexibility index (Phi) is 5.12. The van der Waals surface area contributed by atoms with E-state index in [4.69, 9.17) is 4.74 Å². The van der Waals surface area contributed by atoms with E-state index in [1.165, 1.54) is 0 Å². The number of amides is 1. The molecule has 1 amide bonds. The number of benzene rings is 1. The number of rotatable bonds is 6. The van der Waals surface area contributed by atoms with Crippen LogP contribution in [0.5, 0.6) is 5.75 Å². The molecule has 1 N–H and O–H groups in total. The van der Waals surface area contributed by atoms with E-state index in [0.717, 1.165) is 12.0 Å². The molecule has 0 radical (unpaired) electrons. The molecule has 0 atom stereocenters. The zero-order valence-corrected chi connectivity index (χ0v) is 11.5. The molecule has 0 fully saturated rings. The molecule has 0 unspecified atom stereocenters. The number of hydrogen-bond acceptors (Lipinski definition) is 3. The molecule has 4 nitrogen and oxygen atoms in total. The van der Waals surface area contributed by atoms with Gasteiger partial charge in [-0.2, -0.15) is 0 Å². The van der Waals surface area contributed by atoms with Gasteiger partial charge in [0.25, 0.3) is 0 Å². The lowest BCUT2D eigenvalue weighted by atomic mass is 10.2. The molecule has 0 saturated carbocycles. The summed E-state index contributed by atoms with van der Waals surface area (Å²) in [6, 6.07) is 13.5. The Bertz CT molecular complexity index is 555. The Labute approximate surface area is 118 Å². The number of ether oxygens (including phenoxy) is 1. The van der Waals surface area contributed by atoms with Crippen molar-refractivity contribution in [3.63, 3.8) is 0 Å². The highest BCUT2D eigenvalue weighted by Crippen LogP contribution is 2.22. The highest BCUT2D eigenvalue weighted by Gasteiger charge is 2.08. The third-order valence-electron chi connectivity index (χ3n) is 2.74. The molecule has 0 bridgehead atoms. The van der Waals surface area contributed by atoms with Crippen molar-refractivity contribution in [2.24, 2.45) is 0 Å². The van der Waals surface area contributed by atoms with Crippen LogP contribution in [0.1, 0.15) is 25.3 Å². The maximum Gasteiger partial charge on any atom is 0.225 e. The molecule has 4 heteroatoms. The molecule has 0 spiro atoms. The molecule has 2 aromatic rings. The molecule has 0 aliphatic carbocycles. The van der Waals surface area contributed by atoms with Crippen molar-refractivity contribution in [2.75, 3.05) is 5.32 Å². The number of aromatic nitrogens is 1. The average Bonchev–Trinajstić information content (AvgIpc) is 2.48. The van der Waals surface area contributed by atoms with E-state index in [1.807, 2.05) is 37.3 Å². The van der Waals surface area contributed by atoms with E-state index < -0.39 is 0 Å². The first kappa shape index (κ1) is 14.1. The molecule has 2 rings (SSSR count). The molecular formula is C16H18N2O2. The maximum atomic E-state index is 11.6. The van der Waals surface area contributed by atoms with Crippen molar-refractivity contribution in [2.45, 2.75) is 26.4 Å². The second-order valence-electron chi connectivity index (χ2n) is 4.42. The Balaban J connectivity index is 2.02. The van der Waals surface area contributed by atoms with Crippen LogP contribution < -0.4 is 10.1 Å². The Morgan fingerprint density at radius 2 is 2.00 bits per heavy atom. The van der Waals surface area contributed by atoms with Crippen molar-refractivity contribution >= 4 is 11.7 Å². The van der Waals surface area contributed by atoms with Crippen molar-refractivity contribution < 1.29 is 9.53 Å². The molecule has 1 aromatic carbocycles. The minimum Gasteiger partial charge on any atom is -0.485 e. The number of carbonyl (C=O) groups is 1. The maximum absolute atomic E-state index is 11.6. The SMILES string of the molecule is CCCC(=O)Nc1ncccc1OCc1ccccc1. The lowest BCUT2D eigenvalue weighted by Gasteiger charge is -2.11. The molecule has 0 aliphatic heterocycles. The van der Waals surface area contributed by atoms with Gasteiger partial charge in [0.15, 0.2) is 11.6 Å². The summed E-state index contributed by atoms with van der Waals surface area (Å²) >= 11 is 0. The second-order valence-corrected chi connectivity index (χ2v) is 4.42. The number of carbonyl (C=O) groups excluding carboxylic acids is 1. The summed E-state index contributed by atoms with van der Waals surface area (Å²) < 4.78 is 5.72. The van der Waals surface area contributed by atoms with Gasteiger partial charge >= 0.3 is 0 Å². The van der Waals surface area contributed by atoms with Gasteiger partial charge in [0, 0.05) is 12.6 Å². The topological polar surface area (TPSA) is 51.2 Å². The van der Waals surface area contributed by atoms with Gasteiger partial charge in [0.1, 0.15) is 6.61 Å². The quantitative estimate of drug-likeness (QED) is 0.875. The van der Waals surface area contributed by atoms with E-state index in [2.05, 4.69) is 10.3 Å². The minimum absolute atomic E-state index is 0.0456. The van der Waals surface area contributed by atoms with E-state index in [0.29, 0.717) is 24.6 Å². The van der Waals surface area contributed by atoms with Crippen LogP contribution in [0.3, 0.4) is 0 Å². The highest BCUT2D eigenvalue weighted by molar-refractivity contribution is 5.90. The Morgan fingerprint density at radius 1 is 1.20 bits per heavy atom. The van der Waals surface area contributed by atoms with Crippen molar-refractivity contribution in [1.82, 2.24) is 4.98 Å². The highest BCUT2D eigenvalue weighted by atomic mass is 16.5. The van der Waals surface area contributed by atoms with Crippen molar-refractivity contribution in [3.8, 4) is 5.75 Å². The zero-order valence-electron chi connectivity index (χ0n) is 11.5. The molecule has 104 valence electrons. The van der Waals surface area contributed by atoms with Crippen LogP contribution in [-0.4, -0.2) is 10.9 Å². The summed E-state index contributed by atoms with van der Waals surface area (Å²) in [5.41, 5.74) is 1.07. The molecule has 1 aromatic heterocycles. The normalized spacial score (nSPS) is 10.1. The first-order chi connectivity index (χ1) is 9.79. The van der Waals surface area contributed by atoms with Crippen molar-refractivity contribution in [1.29, 1.82) is 0 Å². The standard InChI is InChI=1S/C16H18N2O2/c1-2-7-15(19)18-16-14(10-6-11-17-16)20-12-13-8-4-3-5-9-13/h3-6,8-11H,2,7,12H2,1H3,(H,17,18,19). The fourth-order valence-electron chi connectivity index (χ4n) is 1.76. The van der Waals surface area contributed by atoms with Gasteiger partial charge in [-0.3, -0.25) is 4.79 Å². The van der Waals surface area contributed by atoms with Gasteiger partial charge in [0.05, 0.1) is 0 Å². The Hall–Kier alpha value is -2.36. The van der Waals surface area contributed by atoms with Gasteiger partial charge in [-0.15, -0.1) is 0 Å². The number of nitrogens with one attached hydrogen (secondary N) is 1. The number of nitrogens with zero attached hydrogens (tertiary/aromatic N) is 1. The van der Waals surface area contributed by atoms with E-state index in [1.54, 1.807) is 18.3 Å². The molecular weight excluding hydrogens is 252 g/mol. The van der Waals surface area contributed by atoms with Crippen LogP contribution in [0.2, 0.25) is 0 Å². The summed E-state index contributed by atoms with van der Waals surface area (Å²) in [5.74, 6) is 1.01. The van der Waals surface area contributed by atoms with Gasteiger partial charge in [-0.1, -0.05) is 37.3 Å². The molecule has 1 heterocycles. The average molecular weight is 270 g/mol. The lowest BCUT2D eigenvalue weighted by Crippen LogP contribution is -2.13. The van der Waals surface area contributed by atoms with Gasteiger partial charge in [-0.25, -0.2) is 4.98 Å². The number of hydrogen-bond donors (Lipinski definition) is 1. The zero-order chi connectivity index (χ0) is 14.2. The van der Waals surface area contributed by atoms with E-state index in [9.17, 15) is 4.79 Å². The largest absolute Gasteiger partial charge is 0.485 e.